The van der Waals surface area contributed by atoms with Gasteiger partial charge in [-0.05, 0) is 24.6 Å². The lowest BCUT2D eigenvalue weighted by molar-refractivity contribution is -0.687. The van der Waals surface area contributed by atoms with Gasteiger partial charge in [-0.15, -0.1) is 0 Å². The Kier molecular flexibility index (Phi) is 3.87. The quantitative estimate of drug-likeness (QED) is 0.519. The molecule has 120 valence electrons. The Morgan fingerprint density at radius 3 is 2.62 bits per heavy atom. The van der Waals surface area contributed by atoms with Gasteiger partial charge in [-0.1, -0.05) is 42.5 Å². The minimum atomic E-state index is 0.782. The lowest BCUT2D eigenvalue weighted by Crippen LogP contribution is -2.31. The molecule has 4 nitrogen and oxygen atoms in total. The monoisotopic (exact) mass is 317 g/mol. The molecule has 4 rings (SSSR count). The van der Waals surface area contributed by atoms with E-state index in [0.29, 0.717) is 0 Å². The fraction of sp³-hybridized carbons (Fsp3) is 0.200. The summed E-state index contributed by atoms with van der Waals surface area (Å²) < 4.78 is 6.68. The van der Waals surface area contributed by atoms with Crippen LogP contribution in [0.3, 0.4) is 0 Å². The SMILES string of the molecule is CCn1c(Cn2cc[n+](Cc3ccccc3)c2)nc2ccccc21. The van der Waals surface area contributed by atoms with Gasteiger partial charge in [0.15, 0.2) is 5.82 Å². The standard InChI is InChI=1S/C20H21N4/c1-2-24-19-11-7-6-10-18(19)21-20(24)15-23-13-12-22(16-23)14-17-8-4-3-5-9-17/h3-13,16H,2,14-15H2,1H3/q+1. The Balaban J connectivity index is 1.58. The van der Waals surface area contributed by atoms with Crippen LogP contribution in [0.15, 0.2) is 73.3 Å². The largest absolute Gasteiger partial charge is 0.325 e. The van der Waals surface area contributed by atoms with Crippen molar-refractivity contribution in [2.24, 2.45) is 0 Å². The highest BCUT2D eigenvalue weighted by molar-refractivity contribution is 5.75. The first-order valence-electron chi connectivity index (χ1n) is 8.36. The molecule has 2 aromatic carbocycles. The Morgan fingerprint density at radius 1 is 1.00 bits per heavy atom. The van der Waals surface area contributed by atoms with Crippen LogP contribution in [-0.2, 0) is 19.6 Å². The summed E-state index contributed by atoms with van der Waals surface area (Å²) in [5, 5.41) is 0. The topological polar surface area (TPSA) is 26.6 Å². The van der Waals surface area contributed by atoms with Gasteiger partial charge < -0.3 is 4.57 Å². The number of hydrogen-bond donors (Lipinski definition) is 0. The van der Waals surface area contributed by atoms with Gasteiger partial charge >= 0.3 is 0 Å². The highest BCUT2D eigenvalue weighted by Crippen LogP contribution is 2.16. The zero-order chi connectivity index (χ0) is 16.4. The number of aryl methyl sites for hydroxylation is 1. The number of para-hydroxylation sites is 2. The summed E-state index contributed by atoms with van der Waals surface area (Å²) in [5.74, 6) is 1.10. The molecule has 0 saturated heterocycles. The third kappa shape index (κ3) is 2.83. The van der Waals surface area contributed by atoms with E-state index >= 15 is 0 Å². The predicted molar refractivity (Wildman–Crippen MR) is 94.7 cm³/mol. The number of rotatable bonds is 5. The molecular weight excluding hydrogens is 296 g/mol. The zero-order valence-corrected chi connectivity index (χ0v) is 13.8. The van der Waals surface area contributed by atoms with Gasteiger partial charge in [0, 0.05) is 6.54 Å². The van der Waals surface area contributed by atoms with Gasteiger partial charge in [-0.2, -0.15) is 0 Å². The van der Waals surface area contributed by atoms with Gasteiger partial charge in [0.05, 0.1) is 11.0 Å². The van der Waals surface area contributed by atoms with E-state index in [1.54, 1.807) is 0 Å². The molecule has 0 saturated carbocycles. The molecule has 0 aliphatic rings. The second-order valence-corrected chi connectivity index (χ2v) is 6.00. The smallest absolute Gasteiger partial charge is 0.244 e. The number of benzene rings is 2. The van der Waals surface area contributed by atoms with E-state index in [4.69, 9.17) is 4.98 Å². The molecule has 0 amide bonds. The van der Waals surface area contributed by atoms with Crippen molar-refractivity contribution in [3.63, 3.8) is 0 Å². The van der Waals surface area contributed by atoms with E-state index in [1.165, 1.54) is 11.1 Å². The second-order valence-electron chi connectivity index (χ2n) is 6.00. The molecule has 0 spiro atoms. The molecule has 4 aromatic rings. The maximum absolute atomic E-state index is 4.80. The summed E-state index contributed by atoms with van der Waals surface area (Å²) in [6, 6.07) is 18.9. The first-order chi connectivity index (χ1) is 11.8. The first kappa shape index (κ1) is 14.7. The summed E-state index contributed by atoms with van der Waals surface area (Å²) in [5.41, 5.74) is 3.58. The Labute approximate surface area is 141 Å². The van der Waals surface area contributed by atoms with Crippen LogP contribution in [0.1, 0.15) is 18.3 Å². The third-order valence-electron chi connectivity index (χ3n) is 4.33. The molecule has 0 bridgehead atoms. The molecule has 2 heterocycles. The second kappa shape index (κ2) is 6.32. The first-order valence-corrected chi connectivity index (χ1v) is 8.36. The van der Waals surface area contributed by atoms with Crippen LogP contribution in [0.5, 0.6) is 0 Å². The number of fused-ring (bicyclic) bond motifs is 1. The van der Waals surface area contributed by atoms with Crippen LogP contribution in [0.4, 0.5) is 0 Å². The molecule has 24 heavy (non-hydrogen) atoms. The fourth-order valence-corrected chi connectivity index (χ4v) is 3.18. The normalized spacial score (nSPS) is 11.2. The van der Waals surface area contributed by atoms with Crippen LogP contribution in [0.25, 0.3) is 11.0 Å². The van der Waals surface area contributed by atoms with Crippen LogP contribution in [0.2, 0.25) is 0 Å². The minimum absolute atomic E-state index is 0.782. The van der Waals surface area contributed by atoms with Crippen LogP contribution >= 0.6 is 0 Å². The molecule has 0 radical (unpaired) electrons. The van der Waals surface area contributed by atoms with Crippen LogP contribution in [0, 0.1) is 0 Å². The number of nitrogens with zero attached hydrogens (tertiary/aromatic N) is 4. The molecule has 0 atom stereocenters. The van der Waals surface area contributed by atoms with Gasteiger partial charge in [-0.25, -0.2) is 14.1 Å². The van der Waals surface area contributed by atoms with Crippen molar-refractivity contribution in [2.75, 3.05) is 0 Å². The van der Waals surface area contributed by atoms with Crippen molar-refractivity contribution >= 4 is 11.0 Å². The fourth-order valence-electron chi connectivity index (χ4n) is 3.18. The van der Waals surface area contributed by atoms with Crippen LogP contribution < -0.4 is 4.57 Å². The maximum Gasteiger partial charge on any atom is 0.244 e. The minimum Gasteiger partial charge on any atom is -0.325 e. The summed E-state index contributed by atoms with van der Waals surface area (Å²) in [6.45, 7) is 4.77. The Bertz CT molecular complexity index is 950. The van der Waals surface area contributed by atoms with Crippen molar-refractivity contribution in [2.45, 2.75) is 26.6 Å². The number of imidazole rings is 2. The molecule has 0 N–H and O–H groups in total. The van der Waals surface area contributed by atoms with E-state index in [2.05, 4.69) is 87.9 Å². The number of aromatic nitrogens is 4. The molecule has 0 unspecified atom stereocenters. The summed E-state index contributed by atoms with van der Waals surface area (Å²) >= 11 is 0. The average Bonchev–Trinajstić information content (AvgIpc) is 3.19. The number of hydrogen-bond acceptors (Lipinski definition) is 1. The molecule has 0 fully saturated rings. The van der Waals surface area contributed by atoms with Crippen molar-refractivity contribution in [1.29, 1.82) is 0 Å². The van der Waals surface area contributed by atoms with Crippen LogP contribution in [-0.4, -0.2) is 14.1 Å². The van der Waals surface area contributed by atoms with Crippen molar-refractivity contribution in [3.8, 4) is 0 Å². The Hall–Kier alpha value is -2.88. The highest BCUT2D eigenvalue weighted by atomic mass is 15.2. The summed E-state index contributed by atoms with van der Waals surface area (Å²) in [7, 11) is 0. The van der Waals surface area contributed by atoms with E-state index in [-0.39, 0.29) is 0 Å². The summed E-state index contributed by atoms with van der Waals surface area (Å²) in [4.78, 5) is 4.80. The van der Waals surface area contributed by atoms with Gasteiger partial charge in [0.1, 0.15) is 25.5 Å². The lowest BCUT2D eigenvalue weighted by atomic mass is 10.2. The predicted octanol–water partition coefficient (Wildman–Crippen LogP) is 3.24. The molecule has 2 aromatic heterocycles. The Morgan fingerprint density at radius 2 is 1.79 bits per heavy atom. The average molecular weight is 317 g/mol. The molecule has 4 heteroatoms. The van der Waals surface area contributed by atoms with Gasteiger partial charge in [0.25, 0.3) is 0 Å². The van der Waals surface area contributed by atoms with E-state index in [9.17, 15) is 0 Å². The lowest BCUT2D eigenvalue weighted by Gasteiger charge is -2.03. The van der Waals surface area contributed by atoms with E-state index in [0.717, 1.165) is 31.0 Å². The van der Waals surface area contributed by atoms with Crippen molar-refractivity contribution < 1.29 is 4.57 Å². The van der Waals surface area contributed by atoms with Gasteiger partial charge in [-0.3, -0.25) is 0 Å². The van der Waals surface area contributed by atoms with Gasteiger partial charge in [0.2, 0.25) is 6.33 Å². The molecule has 0 aliphatic heterocycles. The molecule has 0 aliphatic carbocycles. The van der Waals surface area contributed by atoms with E-state index < -0.39 is 0 Å². The summed E-state index contributed by atoms with van der Waals surface area (Å²) in [6.07, 6.45) is 6.38. The zero-order valence-electron chi connectivity index (χ0n) is 13.8. The molecular formula is C20H21N4+. The van der Waals surface area contributed by atoms with E-state index in [1.807, 2.05) is 6.07 Å². The van der Waals surface area contributed by atoms with Crippen molar-refractivity contribution in [3.05, 3.63) is 84.7 Å². The third-order valence-corrected chi connectivity index (χ3v) is 4.33. The van der Waals surface area contributed by atoms with Crippen molar-refractivity contribution in [1.82, 2.24) is 14.1 Å². The maximum atomic E-state index is 4.80. The highest BCUT2D eigenvalue weighted by Gasteiger charge is 2.13.